The summed E-state index contributed by atoms with van der Waals surface area (Å²) in [5.74, 6) is -4.66. The van der Waals surface area contributed by atoms with E-state index in [1.54, 1.807) is 13.8 Å². The van der Waals surface area contributed by atoms with E-state index in [-0.39, 0.29) is 5.92 Å². The van der Waals surface area contributed by atoms with E-state index in [0.29, 0.717) is 6.29 Å². The van der Waals surface area contributed by atoms with E-state index in [2.05, 4.69) is 0 Å². The third kappa shape index (κ3) is 5.47. The molecule has 0 bridgehead atoms. The fourth-order valence-electron chi connectivity index (χ4n) is 1.47. The molecule has 0 aromatic rings. The number of nitrogens with two attached hydrogens (primary N) is 1. The summed E-state index contributed by atoms with van der Waals surface area (Å²) in [6.07, 6.45) is -0.233. The van der Waals surface area contributed by atoms with Crippen LogP contribution in [-0.4, -0.2) is 46.4 Å². The summed E-state index contributed by atoms with van der Waals surface area (Å²) >= 11 is 0. The number of carboxylic acids is 2. The van der Waals surface area contributed by atoms with Gasteiger partial charge in [-0.1, -0.05) is 13.8 Å². The van der Waals surface area contributed by atoms with Crippen molar-refractivity contribution in [3.8, 4) is 0 Å². The van der Waals surface area contributed by atoms with Gasteiger partial charge in [0.25, 0.3) is 0 Å². The van der Waals surface area contributed by atoms with Crippen molar-refractivity contribution in [2.24, 2.45) is 17.6 Å². The third-order valence-electron chi connectivity index (χ3n) is 2.64. The first-order valence-electron chi connectivity index (χ1n) is 5.66. The highest BCUT2D eigenvalue weighted by atomic mass is 16.4. The Labute approximate surface area is 110 Å². The van der Waals surface area contributed by atoms with Crippen LogP contribution in [0.3, 0.4) is 0 Å². The second kappa shape index (κ2) is 7.47. The molecule has 8 heteroatoms. The van der Waals surface area contributed by atoms with Gasteiger partial charge in [-0.25, -0.2) is 4.79 Å². The zero-order chi connectivity index (χ0) is 15.2. The van der Waals surface area contributed by atoms with Gasteiger partial charge in [-0.3, -0.25) is 9.59 Å². The average molecular weight is 274 g/mol. The lowest BCUT2D eigenvalue weighted by atomic mass is 9.89. The quantitative estimate of drug-likeness (QED) is 0.408. The maximum absolute atomic E-state index is 11.7. The van der Waals surface area contributed by atoms with Crippen LogP contribution >= 0.6 is 0 Å². The summed E-state index contributed by atoms with van der Waals surface area (Å²) in [5, 5.41) is 19.3. The molecule has 0 aliphatic carbocycles. The molecule has 0 spiro atoms. The lowest BCUT2D eigenvalue weighted by Crippen LogP contribution is -2.52. The highest BCUT2D eigenvalue weighted by molar-refractivity contribution is 5.90. The van der Waals surface area contributed by atoms with E-state index >= 15 is 0 Å². The number of carbonyl (C=O) groups excluding carboxylic acids is 2. The molecule has 0 saturated carbocycles. The minimum atomic E-state index is -1.57. The van der Waals surface area contributed by atoms with E-state index in [4.69, 9.17) is 15.9 Å². The molecule has 3 atom stereocenters. The first kappa shape index (κ1) is 17.0. The summed E-state index contributed by atoms with van der Waals surface area (Å²) in [5.41, 5.74) is 5.57. The molecule has 0 fully saturated rings. The Kier molecular flexibility index (Phi) is 6.70. The normalized spacial score (nSPS) is 15.4. The summed E-state index contributed by atoms with van der Waals surface area (Å²) in [6.45, 7) is 3.39. The number of carboxylic acid groups (broad SMARTS) is 2. The van der Waals surface area contributed by atoms with Gasteiger partial charge < -0.3 is 26.1 Å². The lowest BCUT2D eigenvalue weighted by Gasteiger charge is -2.22. The number of rotatable bonds is 8. The van der Waals surface area contributed by atoms with Gasteiger partial charge in [0.05, 0.1) is 12.5 Å². The molecule has 0 radical (unpaired) electrons. The fourth-order valence-corrected chi connectivity index (χ4v) is 1.47. The Morgan fingerprint density at radius 2 is 1.79 bits per heavy atom. The van der Waals surface area contributed by atoms with Crippen LogP contribution in [0.25, 0.3) is 0 Å². The maximum Gasteiger partial charge on any atom is 0.326 e. The molecule has 1 unspecified atom stereocenters. The number of aliphatic carboxylic acids is 2. The number of aldehydes is 1. The monoisotopic (exact) mass is 274 g/mol. The minimum absolute atomic E-state index is 0.194. The molecule has 0 saturated heterocycles. The van der Waals surface area contributed by atoms with E-state index in [0.717, 1.165) is 0 Å². The van der Waals surface area contributed by atoms with Gasteiger partial charge in [0.1, 0.15) is 12.3 Å². The summed E-state index contributed by atoms with van der Waals surface area (Å²) in [7, 11) is 0. The molecule has 0 aromatic heterocycles. The van der Waals surface area contributed by atoms with Crippen LogP contribution in [0.1, 0.15) is 20.3 Å². The zero-order valence-corrected chi connectivity index (χ0v) is 10.7. The van der Waals surface area contributed by atoms with E-state index < -0.39 is 42.3 Å². The largest absolute Gasteiger partial charge is 0.481 e. The maximum atomic E-state index is 11.7. The number of nitrogens with one attached hydrogen (secondary N) is 1. The third-order valence-corrected chi connectivity index (χ3v) is 2.64. The molecule has 5 N–H and O–H groups in total. The number of hydrogen-bond donors (Lipinski definition) is 4. The Morgan fingerprint density at radius 3 is 2.11 bits per heavy atom. The zero-order valence-electron chi connectivity index (χ0n) is 10.7. The van der Waals surface area contributed by atoms with Crippen LogP contribution in [0.15, 0.2) is 0 Å². The van der Waals surface area contributed by atoms with Gasteiger partial charge in [-0.15, -0.1) is 0 Å². The van der Waals surface area contributed by atoms with Gasteiger partial charge >= 0.3 is 11.9 Å². The average Bonchev–Trinajstić information content (AvgIpc) is 2.27. The van der Waals surface area contributed by atoms with Crippen molar-refractivity contribution in [2.75, 3.05) is 0 Å². The fraction of sp³-hybridized carbons (Fsp3) is 0.636. The highest BCUT2D eigenvalue weighted by Gasteiger charge is 2.30. The molecule has 108 valence electrons. The predicted molar refractivity (Wildman–Crippen MR) is 64.2 cm³/mol. The molecule has 1 amide bonds. The van der Waals surface area contributed by atoms with E-state index in [9.17, 15) is 19.2 Å². The minimum Gasteiger partial charge on any atom is -0.481 e. The summed E-state index contributed by atoms with van der Waals surface area (Å²) in [6, 6.07) is -2.79. The van der Waals surface area contributed by atoms with Gasteiger partial charge in [0, 0.05) is 5.92 Å². The highest BCUT2D eigenvalue weighted by Crippen LogP contribution is 2.11. The molecule has 0 heterocycles. The lowest BCUT2D eigenvalue weighted by molar-refractivity contribution is -0.147. The van der Waals surface area contributed by atoms with Crippen LogP contribution in [0.4, 0.5) is 0 Å². The molecule has 8 nitrogen and oxygen atoms in total. The Balaban J connectivity index is 4.76. The van der Waals surface area contributed by atoms with E-state index in [1.165, 1.54) is 0 Å². The first-order chi connectivity index (χ1) is 8.70. The van der Waals surface area contributed by atoms with Gasteiger partial charge in [-0.2, -0.15) is 0 Å². The summed E-state index contributed by atoms with van der Waals surface area (Å²) in [4.78, 5) is 43.8. The van der Waals surface area contributed by atoms with E-state index in [1.807, 2.05) is 5.32 Å². The second-order valence-electron chi connectivity index (χ2n) is 4.48. The Hall–Kier alpha value is -1.96. The van der Waals surface area contributed by atoms with Crippen molar-refractivity contribution >= 4 is 24.1 Å². The van der Waals surface area contributed by atoms with Gasteiger partial charge in [-0.05, 0) is 5.92 Å². The number of hydrogen-bond acceptors (Lipinski definition) is 5. The van der Waals surface area contributed by atoms with Crippen LogP contribution in [0.2, 0.25) is 0 Å². The molecule has 19 heavy (non-hydrogen) atoms. The van der Waals surface area contributed by atoms with Crippen molar-refractivity contribution in [2.45, 2.75) is 32.4 Å². The van der Waals surface area contributed by atoms with Crippen molar-refractivity contribution in [3.63, 3.8) is 0 Å². The molecule has 0 aromatic carbocycles. The first-order valence-corrected chi connectivity index (χ1v) is 5.66. The molecular formula is C11H18N2O6. The van der Waals surface area contributed by atoms with Crippen molar-refractivity contribution < 1.29 is 29.4 Å². The standard InChI is InChI=1S/C11H18N2O6/c1-5(2)6(4-14)9(12)10(17)13-7(11(18)19)3-8(15)16/h4-7,9H,3,12H2,1-2H3,(H,13,17)(H,15,16)(H,18,19)/t6?,7-,9-/m0/s1. The Bertz CT molecular complexity index is 368. The predicted octanol–water partition coefficient (Wildman–Crippen LogP) is -1.17. The SMILES string of the molecule is CC(C)C(C=O)[C@H](N)C(=O)N[C@@H](CC(=O)O)C(=O)O. The summed E-state index contributed by atoms with van der Waals surface area (Å²) < 4.78 is 0. The smallest absolute Gasteiger partial charge is 0.326 e. The van der Waals surface area contributed by atoms with Gasteiger partial charge in [0.15, 0.2) is 0 Å². The molecule has 0 aliphatic heterocycles. The van der Waals surface area contributed by atoms with Crippen LogP contribution < -0.4 is 11.1 Å². The molecule has 0 aliphatic rings. The van der Waals surface area contributed by atoms with Crippen LogP contribution in [0.5, 0.6) is 0 Å². The van der Waals surface area contributed by atoms with Crippen LogP contribution in [-0.2, 0) is 19.2 Å². The number of amides is 1. The molecular weight excluding hydrogens is 256 g/mol. The van der Waals surface area contributed by atoms with Gasteiger partial charge in [0.2, 0.25) is 5.91 Å². The second-order valence-corrected chi connectivity index (χ2v) is 4.48. The number of carbonyl (C=O) groups is 4. The Morgan fingerprint density at radius 1 is 1.26 bits per heavy atom. The topological polar surface area (TPSA) is 147 Å². The van der Waals surface area contributed by atoms with Crippen molar-refractivity contribution in [1.29, 1.82) is 0 Å². The van der Waals surface area contributed by atoms with Crippen LogP contribution in [0, 0.1) is 11.8 Å². The molecule has 0 rings (SSSR count). The van der Waals surface area contributed by atoms with Crippen molar-refractivity contribution in [1.82, 2.24) is 5.32 Å². The van der Waals surface area contributed by atoms with Crippen molar-refractivity contribution in [3.05, 3.63) is 0 Å².